The molecule has 3 aromatic carbocycles. The van der Waals surface area contributed by atoms with Crippen LogP contribution in [0.3, 0.4) is 0 Å². The van der Waals surface area contributed by atoms with Crippen LogP contribution in [0.1, 0.15) is 23.7 Å². The van der Waals surface area contributed by atoms with E-state index < -0.39 is 0 Å². The first kappa shape index (κ1) is 28.2. The summed E-state index contributed by atoms with van der Waals surface area (Å²) in [5.41, 5.74) is 4.17. The molecule has 0 saturated carbocycles. The highest BCUT2D eigenvalue weighted by Crippen LogP contribution is 2.37. The van der Waals surface area contributed by atoms with E-state index in [1.54, 1.807) is 47.4 Å². The summed E-state index contributed by atoms with van der Waals surface area (Å²) < 4.78 is 13.5. The van der Waals surface area contributed by atoms with Gasteiger partial charge in [-0.1, -0.05) is 41.9 Å². The number of imidazole rings is 1. The predicted octanol–water partition coefficient (Wildman–Crippen LogP) is 6.87. The molecule has 2 aromatic heterocycles. The van der Waals surface area contributed by atoms with E-state index in [-0.39, 0.29) is 5.91 Å². The highest BCUT2D eigenvalue weighted by atomic mass is 35.5. The van der Waals surface area contributed by atoms with Gasteiger partial charge in [0.1, 0.15) is 24.2 Å². The summed E-state index contributed by atoms with van der Waals surface area (Å²) in [6, 6.07) is 20.8. The molecule has 0 saturated heterocycles. The van der Waals surface area contributed by atoms with Gasteiger partial charge in [-0.25, -0.2) is 4.98 Å². The smallest absolute Gasteiger partial charge is 0.248 e. The fourth-order valence-electron chi connectivity index (χ4n) is 4.24. The Morgan fingerprint density at radius 3 is 2.64 bits per heavy atom. The van der Waals surface area contributed by atoms with Gasteiger partial charge in [-0.2, -0.15) is 5.26 Å². The van der Waals surface area contributed by atoms with Gasteiger partial charge in [-0.3, -0.25) is 9.78 Å². The number of rotatable bonds is 10. The van der Waals surface area contributed by atoms with Gasteiger partial charge in [0.25, 0.3) is 0 Å². The second-order valence-electron chi connectivity index (χ2n) is 9.29. The number of carbonyl (C=O) groups excluding carboxylic acids is 1. The molecule has 10 heteroatoms. The maximum absolute atomic E-state index is 12.8. The number of amides is 1. The lowest BCUT2D eigenvalue weighted by atomic mass is 10.1. The minimum absolute atomic E-state index is 0.319. The van der Waals surface area contributed by atoms with Gasteiger partial charge >= 0.3 is 0 Å². The fourth-order valence-corrected chi connectivity index (χ4v) is 4.48. The fraction of sp³-hybridized carbons (Fsp3) is 0.125. The van der Waals surface area contributed by atoms with Crippen LogP contribution in [0.2, 0.25) is 5.02 Å². The summed E-state index contributed by atoms with van der Waals surface area (Å²) >= 11 is 6.55. The van der Waals surface area contributed by atoms with Crippen molar-refractivity contribution < 1.29 is 14.3 Å². The highest BCUT2D eigenvalue weighted by molar-refractivity contribution is 6.32. The minimum atomic E-state index is -0.363. The summed E-state index contributed by atoms with van der Waals surface area (Å²) in [5.74, 6) is 0.629. The molecule has 0 unspecified atom stereocenters. The van der Waals surface area contributed by atoms with E-state index >= 15 is 0 Å². The zero-order valence-corrected chi connectivity index (χ0v) is 23.7. The quantitative estimate of drug-likeness (QED) is 0.174. The van der Waals surface area contributed by atoms with Crippen molar-refractivity contribution in [2.75, 3.05) is 17.2 Å². The molecular weight excluding hydrogens is 552 g/mol. The number of anilines is 3. The van der Waals surface area contributed by atoms with Crippen molar-refractivity contribution in [2.24, 2.45) is 7.05 Å². The molecule has 0 fully saturated rings. The Kier molecular flexibility index (Phi) is 8.66. The van der Waals surface area contributed by atoms with E-state index in [0.29, 0.717) is 69.0 Å². The normalized spacial score (nSPS) is 10.9. The number of ether oxygens (including phenoxy) is 2. The van der Waals surface area contributed by atoms with Gasteiger partial charge in [-0.05, 0) is 42.8 Å². The zero-order valence-electron chi connectivity index (χ0n) is 23.0. The Bertz CT molecular complexity index is 1810. The number of pyridine rings is 1. The number of hydrogen-bond acceptors (Lipinski definition) is 7. The SMILES string of the molecule is CCOc1cc2ncc(C#N)c(Nc3ccc(OCc4ccccc4)c(Cl)c3)c2cc1NC(=O)/C=C/c1cn(C)cn1. The Hall–Kier alpha value is -5.33. The predicted molar refractivity (Wildman–Crippen MR) is 164 cm³/mol. The molecule has 0 aliphatic heterocycles. The zero-order chi connectivity index (χ0) is 29.5. The second-order valence-corrected chi connectivity index (χ2v) is 9.70. The monoisotopic (exact) mass is 578 g/mol. The summed E-state index contributed by atoms with van der Waals surface area (Å²) in [6.45, 7) is 2.62. The van der Waals surface area contributed by atoms with Gasteiger partial charge in [-0.15, -0.1) is 0 Å². The number of halogens is 1. The van der Waals surface area contributed by atoms with Crippen molar-refractivity contribution in [1.29, 1.82) is 5.26 Å². The third-order valence-corrected chi connectivity index (χ3v) is 6.51. The standard InChI is InChI=1S/C32H27ClN6O3/c1-3-41-30-15-27-25(14-28(30)38-31(40)12-10-24-18-39(2)20-36-24)32(22(16-34)17-35-27)37-23-9-11-29(26(33)13-23)42-19-21-7-5-4-6-8-21/h4-15,17-18,20H,3,19H2,1-2H3,(H,35,37)(H,38,40)/b12-10+. The Balaban J connectivity index is 1.44. The van der Waals surface area contributed by atoms with Gasteiger partial charge in [0.05, 0.1) is 46.1 Å². The number of aryl methyl sites for hydroxylation is 1. The Labute approximate surface area is 248 Å². The number of carbonyl (C=O) groups is 1. The van der Waals surface area contributed by atoms with E-state index in [9.17, 15) is 10.1 Å². The van der Waals surface area contributed by atoms with E-state index in [4.69, 9.17) is 21.1 Å². The maximum Gasteiger partial charge on any atom is 0.248 e. The summed E-state index contributed by atoms with van der Waals surface area (Å²) in [6.07, 6.45) is 7.96. The van der Waals surface area contributed by atoms with Crippen LogP contribution in [0.5, 0.6) is 11.5 Å². The summed E-state index contributed by atoms with van der Waals surface area (Å²) in [5, 5.41) is 17.1. The lowest BCUT2D eigenvalue weighted by Crippen LogP contribution is -2.10. The first-order valence-electron chi connectivity index (χ1n) is 13.1. The van der Waals surface area contributed by atoms with Crippen molar-refractivity contribution in [1.82, 2.24) is 14.5 Å². The summed E-state index contributed by atoms with van der Waals surface area (Å²) in [4.78, 5) is 21.4. The number of aromatic nitrogens is 3. The van der Waals surface area contributed by atoms with E-state index in [1.165, 1.54) is 12.3 Å². The molecule has 210 valence electrons. The van der Waals surface area contributed by atoms with Crippen LogP contribution in [0, 0.1) is 11.3 Å². The van der Waals surface area contributed by atoms with Crippen LogP contribution in [0.15, 0.2) is 85.5 Å². The molecule has 0 aliphatic carbocycles. The van der Waals surface area contributed by atoms with Crippen molar-refractivity contribution in [3.63, 3.8) is 0 Å². The van der Waals surface area contributed by atoms with Gasteiger partial charge in [0.2, 0.25) is 5.91 Å². The highest BCUT2D eigenvalue weighted by Gasteiger charge is 2.16. The molecule has 0 aliphatic rings. The molecule has 5 aromatic rings. The van der Waals surface area contributed by atoms with Crippen LogP contribution in [0.4, 0.5) is 17.1 Å². The third-order valence-electron chi connectivity index (χ3n) is 6.22. The second kappa shape index (κ2) is 12.9. The van der Waals surface area contributed by atoms with E-state index in [1.807, 2.05) is 50.4 Å². The molecule has 2 N–H and O–H groups in total. The van der Waals surface area contributed by atoms with Crippen molar-refractivity contribution in [2.45, 2.75) is 13.5 Å². The molecular formula is C32H27ClN6O3. The largest absolute Gasteiger partial charge is 0.492 e. The first-order valence-corrected chi connectivity index (χ1v) is 13.5. The topological polar surface area (TPSA) is 114 Å². The molecule has 2 heterocycles. The Morgan fingerprint density at radius 2 is 1.93 bits per heavy atom. The molecule has 0 bridgehead atoms. The molecule has 1 amide bonds. The summed E-state index contributed by atoms with van der Waals surface area (Å²) in [7, 11) is 1.85. The average Bonchev–Trinajstić information content (AvgIpc) is 3.42. The molecule has 42 heavy (non-hydrogen) atoms. The number of hydrogen-bond donors (Lipinski definition) is 2. The van der Waals surface area contributed by atoms with Crippen molar-refractivity contribution in [3.8, 4) is 17.6 Å². The van der Waals surface area contributed by atoms with E-state index in [0.717, 1.165) is 5.56 Å². The van der Waals surface area contributed by atoms with Crippen molar-refractivity contribution in [3.05, 3.63) is 107 Å². The van der Waals surface area contributed by atoms with Crippen molar-refractivity contribution >= 4 is 51.5 Å². The first-order chi connectivity index (χ1) is 20.4. The maximum atomic E-state index is 12.8. The number of benzene rings is 3. The van der Waals surface area contributed by atoms with Gasteiger partial charge < -0.3 is 24.7 Å². The van der Waals surface area contributed by atoms with Crippen LogP contribution in [-0.4, -0.2) is 27.0 Å². The van der Waals surface area contributed by atoms with Crippen LogP contribution < -0.4 is 20.1 Å². The molecule has 5 rings (SSSR count). The molecule has 0 radical (unpaired) electrons. The Morgan fingerprint density at radius 1 is 1.10 bits per heavy atom. The lowest BCUT2D eigenvalue weighted by Gasteiger charge is -2.16. The van der Waals surface area contributed by atoms with Crippen LogP contribution in [0.25, 0.3) is 17.0 Å². The number of nitrogens with one attached hydrogen (secondary N) is 2. The minimum Gasteiger partial charge on any atom is -0.492 e. The molecule has 0 spiro atoms. The van der Waals surface area contributed by atoms with Gasteiger partial charge in [0, 0.05) is 42.7 Å². The molecule has 0 atom stereocenters. The third kappa shape index (κ3) is 6.69. The number of fused-ring (bicyclic) bond motifs is 1. The van der Waals surface area contributed by atoms with Gasteiger partial charge in [0.15, 0.2) is 0 Å². The van der Waals surface area contributed by atoms with E-state index in [2.05, 4.69) is 26.7 Å². The lowest BCUT2D eigenvalue weighted by molar-refractivity contribution is -0.111. The number of nitrogens with zero attached hydrogens (tertiary/aromatic N) is 4. The average molecular weight is 579 g/mol. The van der Waals surface area contributed by atoms with Crippen LogP contribution >= 0.6 is 11.6 Å². The molecule has 9 nitrogen and oxygen atoms in total. The number of nitriles is 1. The van der Waals surface area contributed by atoms with Crippen LogP contribution in [-0.2, 0) is 18.4 Å².